The summed E-state index contributed by atoms with van der Waals surface area (Å²) in [6.45, 7) is 0. The summed E-state index contributed by atoms with van der Waals surface area (Å²) in [5, 5.41) is 8.13. The van der Waals surface area contributed by atoms with Gasteiger partial charge in [0.2, 0.25) is 0 Å². The summed E-state index contributed by atoms with van der Waals surface area (Å²) in [5.41, 5.74) is 4.01. The van der Waals surface area contributed by atoms with Crippen LogP contribution < -0.4 is 15.6 Å². The Bertz CT molecular complexity index is 672. The minimum atomic E-state index is -0.359. The molecule has 2 aromatic heterocycles. The monoisotopic (exact) mass is 297 g/mol. The quantitative estimate of drug-likeness (QED) is 0.559. The average molecular weight is 297 g/mol. The van der Waals surface area contributed by atoms with Gasteiger partial charge in [0.1, 0.15) is 19.7 Å². The second-order valence-electron chi connectivity index (χ2n) is 5.64. The number of anilines is 1. The smallest absolute Gasteiger partial charge is 0.126 e. The molecule has 108 valence electrons. The van der Waals surface area contributed by atoms with Crippen LogP contribution in [0, 0.1) is 0 Å². The SMILES string of the molecule is Cn1cc[n+](C)c1[BH2-]C(Nc1ccccc1)c1ccsc1. The van der Waals surface area contributed by atoms with Crippen molar-refractivity contribution in [3.05, 3.63) is 65.1 Å². The first kappa shape index (κ1) is 14.0. The predicted octanol–water partition coefficient (Wildman–Crippen LogP) is 1.52. The third kappa shape index (κ3) is 3.19. The topological polar surface area (TPSA) is 20.8 Å². The summed E-state index contributed by atoms with van der Waals surface area (Å²) in [6.07, 6.45) is 4.26. The van der Waals surface area contributed by atoms with Gasteiger partial charge in [-0.3, -0.25) is 9.13 Å². The molecule has 0 radical (unpaired) electrons. The summed E-state index contributed by atoms with van der Waals surface area (Å²) < 4.78 is 4.48. The van der Waals surface area contributed by atoms with Gasteiger partial charge in [0.05, 0.1) is 19.8 Å². The van der Waals surface area contributed by atoms with Gasteiger partial charge in [0, 0.05) is 5.69 Å². The number of rotatable bonds is 5. The van der Waals surface area contributed by atoms with Gasteiger partial charge in [-0.2, -0.15) is 11.3 Å². The maximum Gasteiger partial charge on any atom is 0.126 e. The van der Waals surface area contributed by atoms with Crippen molar-refractivity contribution < 1.29 is 4.57 Å². The van der Waals surface area contributed by atoms with Crippen LogP contribution in [0.25, 0.3) is 0 Å². The molecule has 2 heterocycles. The summed E-state index contributed by atoms with van der Waals surface area (Å²) in [4.78, 5) is 0. The zero-order chi connectivity index (χ0) is 14.7. The van der Waals surface area contributed by atoms with E-state index in [1.54, 1.807) is 11.3 Å². The summed E-state index contributed by atoms with van der Waals surface area (Å²) in [6, 6.07) is 12.7. The molecule has 21 heavy (non-hydrogen) atoms. The van der Waals surface area contributed by atoms with Crippen molar-refractivity contribution in [3.63, 3.8) is 0 Å². The van der Waals surface area contributed by atoms with Crippen LogP contribution in [-0.2, 0) is 14.1 Å². The maximum absolute atomic E-state index is 3.71. The lowest BCUT2D eigenvalue weighted by atomic mass is 9.65. The van der Waals surface area contributed by atoms with Crippen molar-refractivity contribution in [1.82, 2.24) is 4.57 Å². The normalized spacial score (nSPS) is 12.3. The van der Waals surface area contributed by atoms with Gasteiger partial charge in [-0.1, -0.05) is 29.7 Å². The Morgan fingerprint density at radius 1 is 1.24 bits per heavy atom. The van der Waals surface area contributed by atoms with Gasteiger partial charge in [-0.15, -0.1) is 0 Å². The molecule has 1 N–H and O–H groups in total. The van der Waals surface area contributed by atoms with Crippen LogP contribution in [0.5, 0.6) is 0 Å². The fourth-order valence-electron chi connectivity index (χ4n) is 2.96. The number of hydrogen-bond acceptors (Lipinski definition) is 2. The molecule has 0 saturated carbocycles. The number of thiophene rings is 1. The van der Waals surface area contributed by atoms with Gasteiger partial charge >= 0.3 is 0 Å². The molecule has 0 bridgehead atoms. The van der Waals surface area contributed by atoms with E-state index in [4.69, 9.17) is 0 Å². The second kappa shape index (κ2) is 6.18. The number of hydrogen-bond donors (Lipinski definition) is 1. The Morgan fingerprint density at radius 3 is 2.67 bits per heavy atom. The minimum absolute atomic E-state index is 0.359. The van der Waals surface area contributed by atoms with Crippen molar-refractivity contribution >= 4 is 30.0 Å². The Balaban J connectivity index is 1.87. The maximum atomic E-state index is 3.71. The van der Waals surface area contributed by atoms with Crippen molar-refractivity contribution in [1.29, 1.82) is 0 Å². The van der Waals surface area contributed by atoms with E-state index in [-0.39, 0.29) is 7.28 Å². The lowest BCUT2D eigenvalue weighted by Gasteiger charge is -2.23. The lowest BCUT2D eigenvalue weighted by molar-refractivity contribution is -0.653. The van der Waals surface area contributed by atoms with Crippen molar-refractivity contribution in [2.75, 3.05) is 5.32 Å². The molecule has 0 saturated heterocycles. The van der Waals surface area contributed by atoms with Crippen LogP contribution in [0.4, 0.5) is 5.69 Å². The molecule has 3 nitrogen and oxygen atoms in total. The van der Waals surface area contributed by atoms with E-state index < -0.39 is 0 Å². The van der Waals surface area contributed by atoms with Gasteiger partial charge in [-0.05, 0) is 29.0 Å². The third-order valence-electron chi connectivity index (χ3n) is 4.28. The van der Waals surface area contributed by atoms with Crippen LogP contribution in [0.3, 0.4) is 0 Å². The van der Waals surface area contributed by atoms with E-state index >= 15 is 0 Å². The van der Waals surface area contributed by atoms with Gasteiger partial charge < -0.3 is 5.32 Å². The second-order valence-corrected chi connectivity index (χ2v) is 6.42. The van der Waals surface area contributed by atoms with Crippen molar-refractivity contribution in [3.8, 4) is 0 Å². The third-order valence-corrected chi connectivity index (χ3v) is 4.98. The van der Waals surface area contributed by atoms with Gasteiger partial charge in [0.15, 0.2) is 0 Å². The van der Waals surface area contributed by atoms with Crippen LogP contribution in [0.2, 0.25) is 0 Å². The zero-order valence-corrected chi connectivity index (χ0v) is 13.5. The largest absolute Gasteiger partial charge is 0.413 e. The molecule has 3 aromatic rings. The predicted molar refractivity (Wildman–Crippen MR) is 91.9 cm³/mol. The van der Waals surface area contributed by atoms with E-state index in [1.165, 1.54) is 17.0 Å². The standard InChI is InChI=1S/C16H20BN3S/c1-19-9-10-20(2)16(19)17-15(13-8-11-21-12-13)18-14-6-4-3-5-7-14/h3-12,15,18H,17H2,1-2H3. The number of aryl methyl sites for hydroxylation is 2. The highest BCUT2D eigenvalue weighted by atomic mass is 32.1. The molecule has 3 rings (SSSR count). The molecular formula is C16H20BN3S. The highest BCUT2D eigenvalue weighted by molar-refractivity contribution is 7.08. The molecule has 0 aliphatic rings. The Kier molecular flexibility index (Phi) is 4.11. The average Bonchev–Trinajstić information content (AvgIpc) is 3.13. The van der Waals surface area contributed by atoms with Gasteiger partial charge in [0.25, 0.3) is 0 Å². The van der Waals surface area contributed by atoms with E-state index in [2.05, 4.69) is 88.1 Å². The van der Waals surface area contributed by atoms with E-state index in [0.29, 0.717) is 5.94 Å². The fraction of sp³-hybridized carbons (Fsp3) is 0.188. The molecule has 0 amide bonds. The Labute approximate surface area is 130 Å². The van der Waals surface area contributed by atoms with E-state index in [1.807, 2.05) is 0 Å². The number of aromatic nitrogens is 2. The van der Waals surface area contributed by atoms with Gasteiger partial charge in [-0.25, -0.2) is 0 Å². The highest BCUT2D eigenvalue weighted by Gasteiger charge is 2.14. The molecule has 1 atom stereocenters. The Hall–Kier alpha value is -2.01. The van der Waals surface area contributed by atoms with Crippen molar-refractivity contribution in [2.24, 2.45) is 14.1 Å². The summed E-state index contributed by atoms with van der Waals surface area (Å²) >= 11 is 1.77. The van der Waals surface area contributed by atoms with E-state index in [0.717, 1.165) is 0 Å². The molecule has 0 fully saturated rings. The molecule has 0 spiro atoms. The Morgan fingerprint density at radius 2 is 2.05 bits per heavy atom. The van der Waals surface area contributed by atoms with Crippen molar-refractivity contribution in [2.45, 2.75) is 5.94 Å². The molecule has 0 aliphatic carbocycles. The molecule has 1 aromatic carbocycles. The number of nitrogens with one attached hydrogen (secondary N) is 1. The molecular weight excluding hydrogens is 277 g/mol. The first-order valence-corrected chi connectivity index (χ1v) is 8.33. The zero-order valence-electron chi connectivity index (χ0n) is 12.7. The molecule has 0 aliphatic heterocycles. The first-order valence-electron chi connectivity index (χ1n) is 7.39. The molecule has 1 unspecified atom stereocenters. The highest BCUT2D eigenvalue weighted by Crippen LogP contribution is 2.20. The first-order chi connectivity index (χ1) is 10.2. The number of imidazole rings is 1. The molecule has 5 heteroatoms. The van der Waals surface area contributed by atoms with Crippen LogP contribution >= 0.6 is 11.3 Å². The fourth-order valence-corrected chi connectivity index (χ4v) is 3.71. The number of benzene rings is 1. The summed E-state index contributed by atoms with van der Waals surface area (Å²) in [7, 11) is 3.90. The number of para-hydroxylation sites is 1. The van der Waals surface area contributed by atoms with E-state index in [9.17, 15) is 0 Å². The van der Waals surface area contributed by atoms with Crippen LogP contribution in [0.15, 0.2) is 59.6 Å². The van der Waals surface area contributed by atoms with Crippen LogP contribution in [-0.4, -0.2) is 11.8 Å². The van der Waals surface area contributed by atoms with Crippen LogP contribution in [0.1, 0.15) is 11.5 Å². The summed E-state index contributed by atoms with van der Waals surface area (Å²) in [5.74, 6) is 0.401. The minimum Gasteiger partial charge on any atom is -0.413 e. The lowest BCUT2D eigenvalue weighted by Crippen LogP contribution is -2.52. The number of nitrogens with zero attached hydrogens (tertiary/aromatic N) is 2.